The average Bonchev–Trinajstić information content (AvgIpc) is 2.68. The summed E-state index contributed by atoms with van der Waals surface area (Å²) in [6.45, 7) is 1.38. The molecule has 1 atom stereocenters. The van der Waals surface area contributed by atoms with Gasteiger partial charge in [-0.3, -0.25) is 10.1 Å². The van der Waals surface area contributed by atoms with Gasteiger partial charge < -0.3 is 14.8 Å². The zero-order valence-electron chi connectivity index (χ0n) is 15.4. The Balaban J connectivity index is 1.82. The first-order valence-corrected chi connectivity index (χ1v) is 8.91. The van der Waals surface area contributed by atoms with Crippen molar-refractivity contribution in [2.24, 2.45) is 0 Å². The van der Waals surface area contributed by atoms with Crippen molar-refractivity contribution in [3.8, 4) is 0 Å². The van der Waals surface area contributed by atoms with Gasteiger partial charge in [0.1, 0.15) is 0 Å². The second-order valence-corrected chi connectivity index (χ2v) is 6.41. The van der Waals surface area contributed by atoms with Gasteiger partial charge in [0, 0.05) is 6.04 Å². The summed E-state index contributed by atoms with van der Waals surface area (Å²) < 4.78 is 9.65. The largest absolute Gasteiger partial charge is 0.465 e. The average molecular weight is 376 g/mol. The third kappa shape index (κ3) is 6.09. The lowest BCUT2D eigenvalue weighted by molar-refractivity contribution is -0.127. The van der Waals surface area contributed by atoms with Gasteiger partial charge in [-0.15, -0.1) is 0 Å². The molecule has 8 heteroatoms. The molecule has 2 N–H and O–H groups in total. The van der Waals surface area contributed by atoms with E-state index in [0.29, 0.717) is 5.56 Å². The summed E-state index contributed by atoms with van der Waals surface area (Å²) in [5.41, 5.74) is 0.466. The number of carbonyl (C=O) groups is 4. The van der Waals surface area contributed by atoms with Gasteiger partial charge in [-0.1, -0.05) is 19.3 Å². The molecule has 146 valence electrons. The standard InChI is InChI=1S/C19H24N2O6/c1-12(16(22)21-19(25)20-15-6-4-3-5-7-15)27-18(24)14-10-8-13(9-11-14)17(23)26-2/h8-12,15H,3-7H2,1-2H3,(H2,20,21,22,25)/t12-/m0/s1. The molecule has 2 rings (SSSR count). The van der Waals surface area contributed by atoms with E-state index in [2.05, 4.69) is 15.4 Å². The molecule has 0 aliphatic heterocycles. The lowest BCUT2D eigenvalue weighted by Crippen LogP contribution is -2.48. The predicted molar refractivity (Wildman–Crippen MR) is 96.2 cm³/mol. The Hall–Kier alpha value is -2.90. The number of carbonyl (C=O) groups excluding carboxylic acids is 4. The van der Waals surface area contributed by atoms with Crippen molar-refractivity contribution in [1.82, 2.24) is 10.6 Å². The van der Waals surface area contributed by atoms with Crippen molar-refractivity contribution < 1.29 is 28.7 Å². The number of ether oxygens (including phenoxy) is 2. The minimum atomic E-state index is -1.14. The van der Waals surface area contributed by atoms with Crippen LogP contribution in [-0.4, -0.2) is 43.1 Å². The van der Waals surface area contributed by atoms with Crippen molar-refractivity contribution in [1.29, 1.82) is 0 Å². The third-order valence-corrected chi connectivity index (χ3v) is 4.37. The molecule has 0 unspecified atom stereocenters. The summed E-state index contributed by atoms with van der Waals surface area (Å²) >= 11 is 0. The highest BCUT2D eigenvalue weighted by atomic mass is 16.5. The lowest BCUT2D eigenvalue weighted by Gasteiger charge is -2.23. The van der Waals surface area contributed by atoms with Crippen LogP contribution >= 0.6 is 0 Å². The van der Waals surface area contributed by atoms with E-state index >= 15 is 0 Å². The summed E-state index contributed by atoms with van der Waals surface area (Å²) in [6, 6.07) is 5.12. The summed E-state index contributed by atoms with van der Waals surface area (Å²) in [5, 5.41) is 4.94. The van der Waals surface area contributed by atoms with Crippen LogP contribution in [0.2, 0.25) is 0 Å². The first-order valence-electron chi connectivity index (χ1n) is 8.91. The van der Waals surface area contributed by atoms with E-state index in [0.717, 1.165) is 32.1 Å². The fourth-order valence-corrected chi connectivity index (χ4v) is 2.82. The molecule has 0 heterocycles. The summed E-state index contributed by atoms with van der Waals surface area (Å²) in [4.78, 5) is 47.4. The number of nitrogens with one attached hydrogen (secondary N) is 2. The quantitative estimate of drug-likeness (QED) is 0.762. The smallest absolute Gasteiger partial charge is 0.338 e. The van der Waals surface area contributed by atoms with Gasteiger partial charge >= 0.3 is 18.0 Å². The zero-order valence-corrected chi connectivity index (χ0v) is 15.4. The highest BCUT2D eigenvalue weighted by Gasteiger charge is 2.22. The van der Waals surface area contributed by atoms with Crippen molar-refractivity contribution >= 4 is 23.9 Å². The lowest BCUT2D eigenvalue weighted by atomic mass is 9.96. The summed E-state index contributed by atoms with van der Waals surface area (Å²) in [5.74, 6) is -1.96. The number of urea groups is 1. The van der Waals surface area contributed by atoms with Gasteiger partial charge in [0.25, 0.3) is 5.91 Å². The number of esters is 2. The van der Waals surface area contributed by atoms with Crippen molar-refractivity contribution in [2.45, 2.75) is 51.2 Å². The van der Waals surface area contributed by atoms with Crippen LogP contribution in [0.4, 0.5) is 4.79 Å². The summed E-state index contributed by atoms with van der Waals surface area (Å²) in [7, 11) is 1.26. The molecule has 1 fully saturated rings. The first-order chi connectivity index (χ1) is 12.9. The Bertz CT molecular complexity index is 695. The Morgan fingerprint density at radius 3 is 2.07 bits per heavy atom. The highest BCUT2D eigenvalue weighted by Crippen LogP contribution is 2.17. The molecule has 0 saturated heterocycles. The number of hydrogen-bond donors (Lipinski definition) is 2. The van der Waals surface area contributed by atoms with E-state index in [1.54, 1.807) is 0 Å². The maximum atomic E-state index is 12.1. The number of amides is 3. The number of imide groups is 1. The van der Waals surface area contributed by atoms with Crippen LogP contribution in [0, 0.1) is 0 Å². The fraction of sp³-hybridized carbons (Fsp3) is 0.474. The number of rotatable bonds is 5. The van der Waals surface area contributed by atoms with Gasteiger partial charge in [-0.25, -0.2) is 14.4 Å². The maximum Gasteiger partial charge on any atom is 0.338 e. The number of hydrogen-bond acceptors (Lipinski definition) is 6. The molecule has 8 nitrogen and oxygen atoms in total. The van der Waals surface area contributed by atoms with Crippen molar-refractivity contribution in [3.63, 3.8) is 0 Å². The second-order valence-electron chi connectivity index (χ2n) is 6.41. The van der Waals surface area contributed by atoms with E-state index in [1.807, 2.05) is 0 Å². The van der Waals surface area contributed by atoms with E-state index in [-0.39, 0.29) is 11.6 Å². The van der Waals surface area contributed by atoms with Crippen LogP contribution in [-0.2, 0) is 14.3 Å². The predicted octanol–water partition coefficient (Wildman–Crippen LogP) is 2.18. The highest BCUT2D eigenvalue weighted by molar-refractivity contribution is 5.99. The molecule has 1 aromatic carbocycles. The zero-order chi connectivity index (χ0) is 19.8. The molecule has 0 spiro atoms. The van der Waals surface area contributed by atoms with Crippen LogP contribution in [0.15, 0.2) is 24.3 Å². The minimum Gasteiger partial charge on any atom is -0.465 e. The Kier molecular flexibility index (Phi) is 7.34. The molecule has 0 bridgehead atoms. The van der Waals surface area contributed by atoms with Crippen LogP contribution in [0.25, 0.3) is 0 Å². The molecule has 27 heavy (non-hydrogen) atoms. The molecular weight excluding hydrogens is 352 g/mol. The molecule has 1 aliphatic carbocycles. The molecule has 1 aliphatic rings. The van der Waals surface area contributed by atoms with Gasteiger partial charge in [0.15, 0.2) is 6.10 Å². The van der Waals surface area contributed by atoms with Crippen molar-refractivity contribution in [2.75, 3.05) is 7.11 Å². The third-order valence-electron chi connectivity index (χ3n) is 4.37. The van der Waals surface area contributed by atoms with E-state index in [1.165, 1.54) is 38.3 Å². The van der Waals surface area contributed by atoms with Gasteiger partial charge in [0.2, 0.25) is 0 Å². The molecule has 0 aromatic heterocycles. The normalized spacial score (nSPS) is 15.3. The Morgan fingerprint density at radius 1 is 0.963 bits per heavy atom. The topological polar surface area (TPSA) is 111 Å². The molecule has 0 radical (unpaired) electrons. The Morgan fingerprint density at radius 2 is 1.52 bits per heavy atom. The van der Waals surface area contributed by atoms with Crippen LogP contribution in [0.1, 0.15) is 59.7 Å². The minimum absolute atomic E-state index is 0.0673. The van der Waals surface area contributed by atoms with E-state index < -0.39 is 30.0 Å². The van der Waals surface area contributed by atoms with Crippen LogP contribution in [0.3, 0.4) is 0 Å². The fourth-order valence-electron chi connectivity index (χ4n) is 2.82. The summed E-state index contributed by atoms with van der Waals surface area (Å²) in [6.07, 6.45) is 3.92. The van der Waals surface area contributed by atoms with E-state index in [9.17, 15) is 19.2 Å². The maximum absolute atomic E-state index is 12.1. The van der Waals surface area contributed by atoms with Crippen LogP contribution < -0.4 is 10.6 Å². The molecular formula is C19H24N2O6. The van der Waals surface area contributed by atoms with Gasteiger partial charge in [-0.05, 0) is 44.0 Å². The second kappa shape index (κ2) is 9.70. The first kappa shape index (κ1) is 20.4. The number of benzene rings is 1. The van der Waals surface area contributed by atoms with Gasteiger partial charge in [-0.2, -0.15) is 0 Å². The van der Waals surface area contributed by atoms with Crippen molar-refractivity contribution in [3.05, 3.63) is 35.4 Å². The molecule has 1 saturated carbocycles. The monoisotopic (exact) mass is 376 g/mol. The molecule has 3 amide bonds. The SMILES string of the molecule is COC(=O)c1ccc(C(=O)O[C@@H](C)C(=O)NC(=O)NC2CCCCC2)cc1. The molecule has 1 aromatic rings. The van der Waals surface area contributed by atoms with Crippen LogP contribution in [0.5, 0.6) is 0 Å². The Labute approximate surface area is 157 Å². The van der Waals surface area contributed by atoms with E-state index in [4.69, 9.17) is 4.74 Å². The van der Waals surface area contributed by atoms with Gasteiger partial charge in [0.05, 0.1) is 18.2 Å². The number of methoxy groups -OCH3 is 1.